The number of hydrogen-bond acceptors (Lipinski definition) is 4. The summed E-state index contributed by atoms with van der Waals surface area (Å²) in [6.45, 7) is 4.56. The summed E-state index contributed by atoms with van der Waals surface area (Å²) in [6.07, 6.45) is -0.552. The van der Waals surface area contributed by atoms with Crippen molar-refractivity contribution in [1.82, 2.24) is 5.32 Å². The summed E-state index contributed by atoms with van der Waals surface area (Å²) in [5.74, 6) is 0.502. The molecule has 0 aliphatic rings. The van der Waals surface area contributed by atoms with Crippen molar-refractivity contribution in [2.45, 2.75) is 20.0 Å². The molecule has 5 heteroatoms. The molecule has 0 saturated carbocycles. The molecule has 0 aliphatic carbocycles. The number of hydrogen-bond donors (Lipinski definition) is 2. The highest BCUT2D eigenvalue weighted by molar-refractivity contribution is 5.80. The van der Waals surface area contributed by atoms with Crippen molar-refractivity contribution in [3.05, 3.63) is 23.8 Å². The monoisotopic (exact) mass is 252 g/mol. The van der Waals surface area contributed by atoms with E-state index in [4.69, 9.17) is 15.2 Å². The van der Waals surface area contributed by atoms with Gasteiger partial charge in [-0.05, 0) is 37.6 Å². The van der Waals surface area contributed by atoms with Gasteiger partial charge in [0, 0.05) is 19.3 Å². The molecule has 18 heavy (non-hydrogen) atoms. The number of rotatable bonds is 6. The van der Waals surface area contributed by atoms with Crippen LogP contribution in [0.5, 0.6) is 5.75 Å². The second kappa shape index (κ2) is 6.86. The zero-order chi connectivity index (χ0) is 13.5. The Kier molecular flexibility index (Phi) is 5.45. The molecule has 0 bridgehead atoms. The van der Waals surface area contributed by atoms with E-state index < -0.39 is 6.10 Å². The standard InChI is InChI=1S/C13H20N2O3/c1-9-8-11(14)4-5-12(9)18-10(2)13(16)15-6-7-17-3/h4-5,8,10H,6-7,14H2,1-3H3,(H,15,16). The molecule has 0 radical (unpaired) electrons. The second-order valence-corrected chi connectivity index (χ2v) is 4.07. The zero-order valence-electron chi connectivity index (χ0n) is 11.0. The number of benzene rings is 1. The van der Waals surface area contributed by atoms with Crippen molar-refractivity contribution in [3.63, 3.8) is 0 Å². The maximum absolute atomic E-state index is 11.7. The Bertz CT molecular complexity index is 407. The summed E-state index contributed by atoms with van der Waals surface area (Å²) in [4.78, 5) is 11.7. The molecule has 1 amide bonds. The van der Waals surface area contributed by atoms with Crippen molar-refractivity contribution in [2.24, 2.45) is 0 Å². The molecule has 1 atom stereocenters. The van der Waals surface area contributed by atoms with Gasteiger partial charge >= 0.3 is 0 Å². The largest absolute Gasteiger partial charge is 0.481 e. The highest BCUT2D eigenvalue weighted by atomic mass is 16.5. The smallest absolute Gasteiger partial charge is 0.260 e. The number of nitrogen functional groups attached to an aromatic ring is 1. The lowest BCUT2D eigenvalue weighted by Crippen LogP contribution is -2.38. The van der Waals surface area contributed by atoms with E-state index in [9.17, 15) is 4.79 Å². The SMILES string of the molecule is COCCNC(=O)C(C)Oc1ccc(N)cc1C. The molecule has 1 unspecified atom stereocenters. The van der Waals surface area contributed by atoms with Crippen molar-refractivity contribution >= 4 is 11.6 Å². The minimum atomic E-state index is -0.552. The molecule has 0 aliphatic heterocycles. The Morgan fingerprint density at radius 1 is 1.50 bits per heavy atom. The number of ether oxygens (including phenoxy) is 2. The van der Waals surface area contributed by atoms with Crippen LogP contribution >= 0.6 is 0 Å². The van der Waals surface area contributed by atoms with Gasteiger partial charge in [-0.15, -0.1) is 0 Å². The molecule has 1 aromatic carbocycles. The normalized spacial score (nSPS) is 11.9. The fraction of sp³-hybridized carbons (Fsp3) is 0.462. The predicted octanol–water partition coefficient (Wildman–Crippen LogP) is 1.11. The van der Waals surface area contributed by atoms with E-state index in [1.54, 1.807) is 26.2 Å². The molecule has 1 aromatic rings. The van der Waals surface area contributed by atoms with Crippen molar-refractivity contribution < 1.29 is 14.3 Å². The van der Waals surface area contributed by atoms with Gasteiger partial charge in [-0.25, -0.2) is 0 Å². The molecular formula is C13H20N2O3. The maximum atomic E-state index is 11.7. The van der Waals surface area contributed by atoms with E-state index in [-0.39, 0.29) is 5.91 Å². The highest BCUT2D eigenvalue weighted by Crippen LogP contribution is 2.21. The van der Waals surface area contributed by atoms with Crippen LogP contribution in [0.1, 0.15) is 12.5 Å². The Hall–Kier alpha value is -1.75. The molecule has 0 saturated heterocycles. The van der Waals surface area contributed by atoms with Crippen LogP contribution in [0.4, 0.5) is 5.69 Å². The van der Waals surface area contributed by atoms with Gasteiger partial charge in [0.25, 0.3) is 5.91 Å². The lowest BCUT2D eigenvalue weighted by Gasteiger charge is -2.16. The third kappa shape index (κ3) is 4.25. The molecule has 5 nitrogen and oxygen atoms in total. The van der Waals surface area contributed by atoms with Gasteiger partial charge in [0.05, 0.1) is 6.61 Å². The van der Waals surface area contributed by atoms with Gasteiger partial charge in [-0.1, -0.05) is 0 Å². The lowest BCUT2D eigenvalue weighted by molar-refractivity contribution is -0.127. The zero-order valence-corrected chi connectivity index (χ0v) is 11.0. The summed E-state index contributed by atoms with van der Waals surface area (Å²) in [6, 6.07) is 5.33. The average Bonchev–Trinajstić information content (AvgIpc) is 2.32. The van der Waals surface area contributed by atoms with Gasteiger partial charge in [0.2, 0.25) is 0 Å². The number of anilines is 1. The Balaban J connectivity index is 2.53. The fourth-order valence-corrected chi connectivity index (χ4v) is 1.47. The molecule has 0 spiro atoms. The molecule has 3 N–H and O–H groups in total. The van der Waals surface area contributed by atoms with Crippen LogP contribution in [0.25, 0.3) is 0 Å². The van der Waals surface area contributed by atoms with E-state index in [0.29, 0.717) is 24.6 Å². The Labute approximate surface area is 107 Å². The number of nitrogens with two attached hydrogens (primary N) is 1. The molecular weight excluding hydrogens is 232 g/mol. The first-order chi connectivity index (χ1) is 8.54. The van der Waals surface area contributed by atoms with Crippen LogP contribution in [-0.2, 0) is 9.53 Å². The number of carbonyl (C=O) groups is 1. The number of nitrogens with one attached hydrogen (secondary N) is 1. The number of methoxy groups -OCH3 is 1. The van der Waals surface area contributed by atoms with Crippen LogP contribution in [0.15, 0.2) is 18.2 Å². The van der Waals surface area contributed by atoms with Crippen LogP contribution in [0.3, 0.4) is 0 Å². The Morgan fingerprint density at radius 2 is 2.22 bits per heavy atom. The summed E-state index contributed by atoms with van der Waals surface area (Å²) < 4.78 is 10.4. The first-order valence-corrected chi connectivity index (χ1v) is 5.84. The summed E-state index contributed by atoms with van der Waals surface area (Å²) >= 11 is 0. The molecule has 0 aromatic heterocycles. The first-order valence-electron chi connectivity index (χ1n) is 5.84. The molecule has 0 heterocycles. The van der Waals surface area contributed by atoms with E-state index in [2.05, 4.69) is 5.32 Å². The lowest BCUT2D eigenvalue weighted by atomic mass is 10.2. The van der Waals surface area contributed by atoms with Crippen LogP contribution in [0.2, 0.25) is 0 Å². The van der Waals surface area contributed by atoms with E-state index in [1.807, 2.05) is 13.0 Å². The van der Waals surface area contributed by atoms with Gasteiger partial charge in [-0.2, -0.15) is 0 Å². The number of amides is 1. The third-order valence-electron chi connectivity index (χ3n) is 2.48. The number of aryl methyl sites for hydroxylation is 1. The quantitative estimate of drug-likeness (QED) is 0.587. The van der Waals surface area contributed by atoms with Gasteiger partial charge in [0.15, 0.2) is 6.10 Å². The fourth-order valence-electron chi connectivity index (χ4n) is 1.47. The minimum Gasteiger partial charge on any atom is -0.481 e. The van der Waals surface area contributed by atoms with Crippen LogP contribution in [-0.4, -0.2) is 32.3 Å². The van der Waals surface area contributed by atoms with Crippen LogP contribution < -0.4 is 15.8 Å². The Morgan fingerprint density at radius 3 is 2.83 bits per heavy atom. The summed E-state index contributed by atoms with van der Waals surface area (Å²) in [7, 11) is 1.59. The van der Waals surface area contributed by atoms with Crippen LogP contribution in [0, 0.1) is 6.92 Å². The molecule has 1 rings (SSSR count). The second-order valence-electron chi connectivity index (χ2n) is 4.07. The van der Waals surface area contributed by atoms with Crippen molar-refractivity contribution in [1.29, 1.82) is 0 Å². The van der Waals surface area contributed by atoms with E-state index in [1.165, 1.54) is 0 Å². The first kappa shape index (κ1) is 14.3. The topological polar surface area (TPSA) is 73.6 Å². The van der Waals surface area contributed by atoms with Gasteiger partial charge in [0.1, 0.15) is 5.75 Å². The molecule has 0 fully saturated rings. The van der Waals surface area contributed by atoms with Gasteiger partial charge in [-0.3, -0.25) is 4.79 Å². The van der Waals surface area contributed by atoms with Gasteiger partial charge < -0.3 is 20.5 Å². The highest BCUT2D eigenvalue weighted by Gasteiger charge is 2.14. The van der Waals surface area contributed by atoms with E-state index >= 15 is 0 Å². The predicted molar refractivity (Wildman–Crippen MR) is 70.6 cm³/mol. The average molecular weight is 252 g/mol. The molecule has 100 valence electrons. The third-order valence-corrected chi connectivity index (χ3v) is 2.48. The summed E-state index contributed by atoms with van der Waals surface area (Å²) in [5.41, 5.74) is 7.24. The summed E-state index contributed by atoms with van der Waals surface area (Å²) in [5, 5.41) is 2.72. The van der Waals surface area contributed by atoms with E-state index in [0.717, 1.165) is 5.56 Å². The number of carbonyl (C=O) groups excluding carboxylic acids is 1. The minimum absolute atomic E-state index is 0.164. The van der Waals surface area contributed by atoms with Crippen molar-refractivity contribution in [2.75, 3.05) is 26.0 Å². The maximum Gasteiger partial charge on any atom is 0.260 e. The van der Waals surface area contributed by atoms with Crippen molar-refractivity contribution in [3.8, 4) is 5.75 Å².